The molecule has 3 N–H and O–H groups in total. The number of primary amides is 1. The zero-order valence-corrected chi connectivity index (χ0v) is 11.1. The summed E-state index contributed by atoms with van der Waals surface area (Å²) in [4.78, 5) is 11.9. The Kier molecular flexibility index (Phi) is 2.52. The van der Waals surface area contributed by atoms with Gasteiger partial charge in [-0.3, -0.25) is 10.1 Å². The van der Waals surface area contributed by atoms with Crippen LogP contribution in [0, 0.1) is 0 Å². The van der Waals surface area contributed by atoms with Crippen molar-refractivity contribution in [2.24, 2.45) is 5.73 Å². The first-order valence-corrected chi connectivity index (χ1v) is 6.78. The summed E-state index contributed by atoms with van der Waals surface area (Å²) in [6.07, 6.45) is 3.98. The van der Waals surface area contributed by atoms with E-state index >= 15 is 0 Å². The molecule has 3 rings (SSSR count). The molecule has 1 atom stereocenters. The maximum Gasteiger partial charge on any atom is 0.242 e. The van der Waals surface area contributed by atoms with Crippen LogP contribution in [0.2, 0.25) is 0 Å². The molecule has 0 saturated heterocycles. The van der Waals surface area contributed by atoms with Gasteiger partial charge in [-0.25, -0.2) is 0 Å². The first kappa shape index (κ1) is 11.2. The van der Waals surface area contributed by atoms with E-state index in [1.54, 1.807) is 0 Å². The zero-order chi connectivity index (χ0) is 12.0. The largest absolute Gasteiger partial charge is 0.368 e. The summed E-state index contributed by atoms with van der Waals surface area (Å²) in [7, 11) is 0. The van der Waals surface area contributed by atoms with Crippen molar-refractivity contribution in [3.05, 3.63) is 33.8 Å². The number of carbonyl (C=O) groups excluding carboxylic acids is 1. The topological polar surface area (TPSA) is 55.1 Å². The number of halogens is 1. The molecule has 4 heteroatoms. The van der Waals surface area contributed by atoms with E-state index in [9.17, 15) is 4.79 Å². The average molecular weight is 295 g/mol. The van der Waals surface area contributed by atoms with Crippen LogP contribution in [0.4, 0.5) is 0 Å². The molecule has 90 valence electrons. The maximum absolute atomic E-state index is 11.9. The van der Waals surface area contributed by atoms with Crippen LogP contribution in [-0.4, -0.2) is 11.9 Å². The Balaban J connectivity index is 2.08. The van der Waals surface area contributed by atoms with Crippen LogP contribution in [0.3, 0.4) is 0 Å². The standard InChI is InChI=1S/C13H15BrN2O/c14-11-3-1-2-10-9(11)6-7-13(10,12(15)17)16-8-4-5-8/h1-3,8,16H,4-7H2,(H2,15,17). The molecule has 1 unspecified atom stereocenters. The molecule has 0 radical (unpaired) electrons. The van der Waals surface area contributed by atoms with Gasteiger partial charge in [0.05, 0.1) is 0 Å². The number of rotatable bonds is 3. The van der Waals surface area contributed by atoms with Crippen LogP contribution in [0.1, 0.15) is 30.4 Å². The van der Waals surface area contributed by atoms with Gasteiger partial charge < -0.3 is 5.73 Å². The first-order chi connectivity index (χ1) is 8.13. The molecule has 2 aliphatic rings. The second kappa shape index (κ2) is 3.82. The van der Waals surface area contributed by atoms with Crippen molar-refractivity contribution in [3.8, 4) is 0 Å². The average Bonchev–Trinajstić information content (AvgIpc) is 3.00. The van der Waals surface area contributed by atoms with Crippen LogP contribution < -0.4 is 11.1 Å². The molecule has 0 heterocycles. The van der Waals surface area contributed by atoms with E-state index in [1.807, 2.05) is 18.2 Å². The number of fused-ring (bicyclic) bond motifs is 1. The fraction of sp³-hybridized carbons (Fsp3) is 0.462. The maximum atomic E-state index is 11.9. The van der Waals surface area contributed by atoms with Crippen LogP contribution in [0.15, 0.2) is 22.7 Å². The van der Waals surface area contributed by atoms with Crippen molar-refractivity contribution in [1.29, 1.82) is 0 Å². The van der Waals surface area contributed by atoms with E-state index < -0.39 is 5.54 Å². The molecular weight excluding hydrogens is 280 g/mol. The van der Waals surface area contributed by atoms with E-state index in [4.69, 9.17) is 5.73 Å². The third-order valence-corrected chi connectivity index (χ3v) is 4.52. The molecule has 1 saturated carbocycles. The molecule has 0 aliphatic heterocycles. The van der Waals surface area contributed by atoms with Crippen molar-refractivity contribution in [2.45, 2.75) is 37.3 Å². The lowest BCUT2D eigenvalue weighted by molar-refractivity contribution is -0.124. The molecule has 0 bridgehead atoms. The molecule has 1 aromatic carbocycles. The summed E-state index contributed by atoms with van der Waals surface area (Å²) in [5.74, 6) is -0.249. The Morgan fingerprint density at radius 1 is 1.47 bits per heavy atom. The van der Waals surface area contributed by atoms with Gasteiger partial charge in [-0.15, -0.1) is 0 Å². The second-order valence-electron chi connectivity index (χ2n) is 4.95. The van der Waals surface area contributed by atoms with Crippen LogP contribution in [0.5, 0.6) is 0 Å². The van der Waals surface area contributed by atoms with Gasteiger partial charge in [-0.2, -0.15) is 0 Å². The molecule has 17 heavy (non-hydrogen) atoms. The normalized spacial score (nSPS) is 26.9. The van der Waals surface area contributed by atoms with E-state index in [-0.39, 0.29) is 5.91 Å². The molecule has 3 nitrogen and oxygen atoms in total. The Labute approximate surface area is 109 Å². The zero-order valence-electron chi connectivity index (χ0n) is 9.50. The smallest absolute Gasteiger partial charge is 0.242 e. The van der Waals surface area contributed by atoms with E-state index in [0.29, 0.717) is 6.04 Å². The highest BCUT2D eigenvalue weighted by Crippen LogP contribution is 2.42. The SMILES string of the molecule is NC(=O)C1(NC2CC2)CCc2c(Br)cccc21. The van der Waals surface area contributed by atoms with E-state index in [2.05, 4.69) is 21.2 Å². The monoisotopic (exact) mass is 294 g/mol. The van der Waals surface area contributed by atoms with Crippen molar-refractivity contribution in [3.63, 3.8) is 0 Å². The summed E-state index contributed by atoms with van der Waals surface area (Å²) in [6.45, 7) is 0. The Morgan fingerprint density at radius 2 is 2.24 bits per heavy atom. The highest BCUT2D eigenvalue weighted by molar-refractivity contribution is 9.10. The number of hydrogen-bond donors (Lipinski definition) is 2. The Hall–Kier alpha value is -0.870. The van der Waals surface area contributed by atoms with Crippen molar-refractivity contribution in [2.75, 3.05) is 0 Å². The van der Waals surface area contributed by atoms with Gasteiger partial charge in [0.25, 0.3) is 0 Å². The summed E-state index contributed by atoms with van der Waals surface area (Å²) >= 11 is 3.55. The molecule has 1 aromatic rings. The molecule has 0 aromatic heterocycles. The van der Waals surface area contributed by atoms with Gasteiger partial charge in [0.2, 0.25) is 5.91 Å². The molecule has 0 spiro atoms. The molecular formula is C13H15BrN2O. The lowest BCUT2D eigenvalue weighted by Crippen LogP contribution is -2.52. The van der Waals surface area contributed by atoms with Gasteiger partial charge in [0, 0.05) is 10.5 Å². The fourth-order valence-electron chi connectivity index (χ4n) is 2.71. The van der Waals surface area contributed by atoms with E-state index in [0.717, 1.165) is 35.7 Å². The minimum atomic E-state index is -0.639. The lowest BCUT2D eigenvalue weighted by atomic mass is 9.90. The summed E-state index contributed by atoms with van der Waals surface area (Å²) in [5, 5.41) is 3.45. The summed E-state index contributed by atoms with van der Waals surface area (Å²) in [6, 6.07) is 6.48. The minimum Gasteiger partial charge on any atom is -0.368 e. The van der Waals surface area contributed by atoms with Gasteiger partial charge in [0.1, 0.15) is 5.54 Å². The van der Waals surface area contributed by atoms with Gasteiger partial charge >= 0.3 is 0 Å². The minimum absolute atomic E-state index is 0.249. The van der Waals surface area contributed by atoms with Crippen molar-refractivity contribution in [1.82, 2.24) is 5.32 Å². The molecule has 2 aliphatic carbocycles. The predicted octanol–water partition coefficient (Wildman–Crippen LogP) is 1.83. The molecule has 1 amide bonds. The lowest BCUT2D eigenvalue weighted by Gasteiger charge is -2.28. The van der Waals surface area contributed by atoms with Gasteiger partial charge in [-0.05, 0) is 42.9 Å². The second-order valence-corrected chi connectivity index (χ2v) is 5.81. The van der Waals surface area contributed by atoms with Gasteiger partial charge in [-0.1, -0.05) is 28.1 Å². The van der Waals surface area contributed by atoms with Crippen molar-refractivity contribution < 1.29 is 4.79 Å². The first-order valence-electron chi connectivity index (χ1n) is 5.99. The number of carbonyl (C=O) groups is 1. The summed E-state index contributed by atoms with van der Waals surface area (Å²) < 4.78 is 1.08. The van der Waals surface area contributed by atoms with Crippen LogP contribution >= 0.6 is 15.9 Å². The fourth-order valence-corrected chi connectivity index (χ4v) is 3.28. The highest BCUT2D eigenvalue weighted by Gasteiger charge is 2.47. The van der Waals surface area contributed by atoms with Crippen molar-refractivity contribution >= 4 is 21.8 Å². The van der Waals surface area contributed by atoms with Gasteiger partial charge in [0.15, 0.2) is 0 Å². The Morgan fingerprint density at radius 3 is 2.88 bits per heavy atom. The third-order valence-electron chi connectivity index (χ3n) is 3.78. The van der Waals surface area contributed by atoms with Crippen LogP contribution in [-0.2, 0) is 16.8 Å². The number of hydrogen-bond acceptors (Lipinski definition) is 2. The number of nitrogens with one attached hydrogen (secondary N) is 1. The van der Waals surface area contributed by atoms with Crippen LogP contribution in [0.25, 0.3) is 0 Å². The molecule has 1 fully saturated rings. The predicted molar refractivity (Wildman–Crippen MR) is 69.5 cm³/mol. The third kappa shape index (κ3) is 1.70. The number of nitrogens with two attached hydrogens (primary N) is 1. The number of benzene rings is 1. The highest BCUT2D eigenvalue weighted by atomic mass is 79.9. The summed E-state index contributed by atoms with van der Waals surface area (Å²) in [5.41, 5.74) is 7.30. The Bertz CT molecular complexity index is 484. The number of amides is 1. The quantitative estimate of drug-likeness (QED) is 0.894. The van der Waals surface area contributed by atoms with E-state index in [1.165, 1.54) is 5.56 Å².